The number of carbonyl (C=O) groups excluding carboxylic acids is 1. The van der Waals surface area contributed by atoms with Crippen molar-refractivity contribution in [2.75, 3.05) is 0 Å². The van der Waals surface area contributed by atoms with Gasteiger partial charge >= 0.3 is 0 Å². The van der Waals surface area contributed by atoms with Crippen LogP contribution in [0.3, 0.4) is 0 Å². The summed E-state index contributed by atoms with van der Waals surface area (Å²) in [7, 11) is 0. The van der Waals surface area contributed by atoms with Gasteiger partial charge < -0.3 is 0 Å². The minimum atomic E-state index is 0.202. The van der Waals surface area contributed by atoms with Crippen LogP contribution in [-0.4, -0.2) is 15.4 Å². The molecule has 0 N–H and O–H groups in total. The summed E-state index contributed by atoms with van der Waals surface area (Å²) in [6.07, 6.45) is 5.73. The first-order valence-corrected chi connectivity index (χ1v) is 5.53. The third-order valence-corrected chi connectivity index (χ3v) is 3.09. The fraction of sp³-hybridized carbons (Fsp3) is 0.667. The van der Waals surface area contributed by atoms with Crippen molar-refractivity contribution in [3.63, 3.8) is 0 Å². The summed E-state index contributed by atoms with van der Waals surface area (Å²) in [6.45, 7) is 0. The Bertz CT molecular complexity index is 278. The average Bonchev–Trinajstić information content (AvgIpc) is 2.71. The minimum absolute atomic E-state index is 0.202. The van der Waals surface area contributed by atoms with Crippen molar-refractivity contribution >= 4 is 17.3 Å². The van der Waals surface area contributed by atoms with Crippen molar-refractivity contribution in [3.8, 4) is 0 Å². The molecule has 0 aromatic carbocycles. The molecule has 1 aliphatic rings. The van der Waals surface area contributed by atoms with Crippen LogP contribution in [0.1, 0.15) is 42.6 Å². The van der Waals surface area contributed by atoms with Crippen LogP contribution in [-0.2, 0) is 0 Å². The van der Waals surface area contributed by atoms with Gasteiger partial charge in [-0.25, -0.2) is 0 Å². The van der Waals surface area contributed by atoms with E-state index in [1.807, 2.05) is 0 Å². The maximum atomic E-state index is 11.8. The fourth-order valence-electron chi connectivity index (χ4n) is 1.85. The minimum Gasteiger partial charge on any atom is -0.292 e. The first-order valence-electron chi connectivity index (χ1n) is 4.69. The van der Waals surface area contributed by atoms with E-state index in [1.165, 1.54) is 30.8 Å². The Labute approximate surface area is 81.3 Å². The van der Waals surface area contributed by atoms with Crippen molar-refractivity contribution in [3.05, 3.63) is 11.1 Å². The Hall–Kier alpha value is -0.770. The molecule has 2 rings (SSSR count). The SMILES string of the molecule is O=C(c1csnn1)C1CCCCC1. The summed E-state index contributed by atoms with van der Waals surface area (Å²) < 4.78 is 3.71. The van der Waals surface area contributed by atoms with Crippen molar-refractivity contribution < 1.29 is 4.79 Å². The van der Waals surface area contributed by atoms with E-state index < -0.39 is 0 Å². The van der Waals surface area contributed by atoms with Gasteiger partial charge in [-0.1, -0.05) is 23.8 Å². The van der Waals surface area contributed by atoms with E-state index in [9.17, 15) is 4.79 Å². The maximum absolute atomic E-state index is 11.8. The lowest BCUT2D eigenvalue weighted by atomic mass is 9.85. The van der Waals surface area contributed by atoms with Crippen LogP contribution in [0.25, 0.3) is 0 Å². The molecular weight excluding hydrogens is 184 g/mol. The molecule has 0 spiro atoms. The van der Waals surface area contributed by atoms with Crippen molar-refractivity contribution in [2.45, 2.75) is 32.1 Å². The molecule has 13 heavy (non-hydrogen) atoms. The molecule has 4 heteroatoms. The molecule has 0 atom stereocenters. The Kier molecular flexibility index (Phi) is 2.68. The second-order valence-electron chi connectivity index (χ2n) is 3.49. The summed E-state index contributed by atoms with van der Waals surface area (Å²) in [5.41, 5.74) is 0.567. The normalized spacial score (nSPS) is 18.8. The van der Waals surface area contributed by atoms with E-state index in [4.69, 9.17) is 0 Å². The van der Waals surface area contributed by atoms with Gasteiger partial charge in [0, 0.05) is 11.3 Å². The Balaban J connectivity index is 2.04. The van der Waals surface area contributed by atoms with Gasteiger partial charge in [-0.2, -0.15) is 0 Å². The number of carbonyl (C=O) groups is 1. The Morgan fingerprint density at radius 3 is 2.77 bits per heavy atom. The number of rotatable bonds is 2. The highest BCUT2D eigenvalue weighted by atomic mass is 32.1. The predicted octanol–water partition coefficient (Wildman–Crippen LogP) is 2.30. The highest BCUT2D eigenvalue weighted by Crippen LogP contribution is 2.26. The van der Waals surface area contributed by atoms with E-state index in [2.05, 4.69) is 9.59 Å². The highest BCUT2D eigenvalue weighted by Gasteiger charge is 2.23. The van der Waals surface area contributed by atoms with Crippen molar-refractivity contribution in [1.82, 2.24) is 9.59 Å². The smallest absolute Gasteiger partial charge is 0.187 e. The maximum Gasteiger partial charge on any atom is 0.187 e. The fourth-order valence-corrected chi connectivity index (χ4v) is 2.29. The standard InChI is InChI=1S/C9H12N2OS/c12-9(8-6-13-11-10-8)7-4-2-1-3-5-7/h6-7H,1-5H2. The topological polar surface area (TPSA) is 42.9 Å². The zero-order valence-electron chi connectivity index (χ0n) is 7.40. The van der Waals surface area contributed by atoms with Gasteiger partial charge in [0.15, 0.2) is 5.78 Å². The summed E-state index contributed by atoms with van der Waals surface area (Å²) in [5.74, 6) is 0.422. The zero-order valence-corrected chi connectivity index (χ0v) is 8.22. The molecule has 1 aromatic rings. The number of Topliss-reactive ketones (excluding diaryl/α,β-unsaturated/α-hetero) is 1. The van der Waals surface area contributed by atoms with Gasteiger partial charge in [0.05, 0.1) is 0 Å². The molecule has 0 saturated heterocycles. The number of hydrogen-bond donors (Lipinski definition) is 0. The quantitative estimate of drug-likeness (QED) is 0.682. The van der Waals surface area contributed by atoms with Gasteiger partial charge in [-0.15, -0.1) is 5.10 Å². The lowest BCUT2D eigenvalue weighted by Gasteiger charge is -2.18. The molecule has 0 amide bonds. The molecule has 70 valence electrons. The zero-order chi connectivity index (χ0) is 9.10. The lowest BCUT2D eigenvalue weighted by molar-refractivity contribution is 0.0884. The molecule has 1 fully saturated rings. The van der Waals surface area contributed by atoms with E-state index >= 15 is 0 Å². The largest absolute Gasteiger partial charge is 0.292 e. The molecule has 1 saturated carbocycles. The summed E-state index contributed by atoms with van der Waals surface area (Å²) in [4.78, 5) is 11.8. The second-order valence-corrected chi connectivity index (χ2v) is 4.10. The Morgan fingerprint density at radius 2 is 2.15 bits per heavy atom. The van der Waals surface area contributed by atoms with Gasteiger partial charge in [-0.05, 0) is 24.4 Å². The van der Waals surface area contributed by atoms with Crippen LogP contribution < -0.4 is 0 Å². The molecule has 1 aliphatic carbocycles. The monoisotopic (exact) mass is 196 g/mol. The van der Waals surface area contributed by atoms with E-state index in [1.54, 1.807) is 5.38 Å². The first-order chi connectivity index (χ1) is 6.38. The van der Waals surface area contributed by atoms with Gasteiger partial charge in [0.2, 0.25) is 0 Å². The summed E-state index contributed by atoms with van der Waals surface area (Å²) >= 11 is 1.25. The number of ketones is 1. The number of nitrogens with zero attached hydrogens (tertiary/aromatic N) is 2. The van der Waals surface area contributed by atoms with Crippen LogP contribution in [0, 0.1) is 5.92 Å². The molecular formula is C9H12N2OS. The summed E-state index contributed by atoms with van der Waals surface area (Å²) in [5, 5.41) is 5.56. The molecule has 0 radical (unpaired) electrons. The van der Waals surface area contributed by atoms with Crippen LogP contribution in [0.4, 0.5) is 0 Å². The van der Waals surface area contributed by atoms with Crippen LogP contribution >= 0.6 is 11.5 Å². The van der Waals surface area contributed by atoms with E-state index in [0.717, 1.165) is 12.8 Å². The first kappa shape index (κ1) is 8.81. The van der Waals surface area contributed by atoms with Crippen LogP contribution in [0.5, 0.6) is 0 Å². The van der Waals surface area contributed by atoms with E-state index in [0.29, 0.717) is 5.69 Å². The Morgan fingerprint density at radius 1 is 1.38 bits per heavy atom. The van der Waals surface area contributed by atoms with Gasteiger partial charge in [0.1, 0.15) is 5.69 Å². The molecule has 1 heterocycles. The molecule has 0 bridgehead atoms. The van der Waals surface area contributed by atoms with Crippen LogP contribution in [0.2, 0.25) is 0 Å². The van der Waals surface area contributed by atoms with Crippen molar-refractivity contribution in [2.24, 2.45) is 5.92 Å². The predicted molar refractivity (Wildman–Crippen MR) is 50.8 cm³/mol. The number of aromatic nitrogens is 2. The highest BCUT2D eigenvalue weighted by molar-refractivity contribution is 7.03. The molecule has 3 nitrogen and oxygen atoms in total. The molecule has 0 aliphatic heterocycles. The van der Waals surface area contributed by atoms with Crippen LogP contribution in [0.15, 0.2) is 5.38 Å². The lowest BCUT2D eigenvalue weighted by Crippen LogP contribution is -2.18. The average molecular weight is 196 g/mol. The van der Waals surface area contributed by atoms with Gasteiger partial charge in [-0.3, -0.25) is 4.79 Å². The molecule has 1 aromatic heterocycles. The molecule has 0 unspecified atom stereocenters. The van der Waals surface area contributed by atoms with Gasteiger partial charge in [0.25, 0.3) is 0 Å². The third-order valence-electron chi connectivity index (χ3n) is 2.59. The summed E-state index contributed by atoms with van der Waals surface area (Å²) in [6, 6.07) is 0. The van der Waals surface area contributed by atoms with E-state index in [-0.39, 0.29) is 11.7 Å². The third kappa shape index (κ3) is 1.94. The second kappa shape index (κ2) is 3.96. The number of hydrogen-bond acceptors (Lipinski definition) is 4. The van der Waals surface area contributed by atoms with Crippen molar-refractivity contribution in [1.29, 1.82) is 0 Å².